The average molecular weight is 325 g/mol. The van der Waals surface area contributed by atoms with Gasteiger partial charge in [0.15, 0.2) is 0 Å². The van der Waals surface area contributed by atoms with Crippen LogP contribution in [0.1, 0.15) is 51.2 Å². The van der Waals surface area contributed by atoms with Gasteiger partial charge in [0.25, 0.3) is 0 Å². The molecular formula is C21H27NO2. The molecule has 1 amide bonds. The standard InChI is InChI=1S/C21H27NO2/c1-5-17(15-16-11-7-6-8-12-16)18-13-9-10-14-19(18)22-20(23)24-21(2,3)4/h6-14,17H,5,15H2,1-4H3,(H,22,23)/t17-/m0/s1. The molecule has 0 saturated carbocycles. The van der Waals surface area contributed by atoms with Gasteiger partial charge in [0.05, 0.1) is 0 Å². The highest BCUT2D eigenvalue weighted by Gasteiger charge is 2.19. The van der Waals surface area contributed by atoms with Crippen molar-refractivity contribution in [1.29, 1.82) is 0 Å². The number of hydrogen-bond donors (Lipinski definition) is 1. The lowest BCUT2D eigenvalue weighted by atomic mass is 9.89. The highest BCUT2D eigenvalue weighted by Crippen LogP contribution is 2.30. The molecule has 0 spiro atoms. The predicted octanol–water partition coefficient (Wildman–Crippen LogP) is 5.77. The summed E-state index contributed by atoms with van der Waals surface area (Å²) in [6, 6.07) is 18.4. The first kappa shape index (κ1) is 18.1. The number of para-hydroxylation sites is 1. The molecule has 1 N–H and O–H groups in total. The first-order valence-electron chi connectivity index (χ1n) is 8.52. The van der Waals surface area contributed by atoms with Crippen LogP contribution in [0.4, 0.5) is 10.5 Å². The Balaban J connectivity index is 2.18. The normalized spacial score (nSPS) is 12.5. The molecule has 1 atom stereocenters. The average Bonchev–Trinajstić information content (AvgIpc) is 2.52. The van der Waals surface area contributed by atoms with Gasteiger partial charge in [-0.05, 0) is 56.7 Å². The summed E-state index contributed by atoms with van der Waals surface area (Å²) in [6.07, 6.45) is 1.54. The Morgan fingerprint density at radius 3 is 2.29 bits per heavy atom. The molecular weight excluding hydrogens is 298 g/mol. The molecule has 128 valence electrons. The minimum Gasteiger partial charge on any atom is -0.444 e. The van der Waals surface area contributed by atoms with E-state index in [-0.39, 0.29) is 0 Å². The SMILES string of the molecule is CC[C@@H](Cc1ccccc1)c1ccccc1NC(=O)OC(C)(C)C. The number of anilines is 1. The van der Waals surface area contributed by atoms with E-state index in [1.54, 1.807) is 0 Å². The van der Waals surface area contributed by atoms with Crippen molar-refractivity contribution in [2.24, 2.45) is 0 Å². The van der Waals surface area contributed by atoms with E-state index < -0.39 is 11.7 Å². The maximum absolute atomic E-state index is 12.1. The van der Waals surface area contributed by atoms with E-state index >= 15 is 0 Å². The summed E-state index contributed by atoms with van der Waals surface area (Å²) in [6.45, 7) is 7.77. The Morgan fingerprint density at radius 2 is 1.67 bits per heavy atom. The molecule has 0 saturated heterocycles. The minimum absolute atomic E-state index is 0.346. The van der Waals surface area contributed by atoms with Crippen LogP contribution in [-0.2, 0) is 11.2 Å². The van der Waals surface area contributed by atoms with Gasteiger partial charge in [-0.1, -0.05) is 55.5 Å². The maximum Gasteiger partial charge on any atom is 0.412 e. The minimum atomic E-state index is -0.507. The lowest BCUT2D eigenvalue weighted by Crippen LogP contribution is -2.27. The van der Waals surface area contributed by atoms with Gasteiger partial charge in [0, 0.05) is 5.69 Å². The van der Waals surface area contributed by atoms with Crippen molar-refractivity contribution in [2.75, 3.05) is 5.32 Å². The zero-order valence-electron chi connectivity index (χ0n) is 15.0. The number of rotatable bonds is 5. The van der Waals surface area contributed by atoms with Crippen LogP contribution in [0.2, 0.25) is 0 Å². The molecule has 0 radical (unpaired) electrons. The highest BCUT2D eigenvalue weighted by atomic mass is 16.6. The highest BCUT2D eigenvalue weighted by molar-refractivity contribution is 5.86. The number of ether oxygens (including phenoxy) is 1. The third-order valence-electron chi connectivity index (χ3n) is 3.85. The van der Waals surface area contributed by atoms with E-state index in [4.69, 9.17) is 4.74 Å². The van der Waals surface area contributed by atoms with Crippen LogP contribution in [0, 0.1) is 0 Å². The molecule has 3 nitrogen and oxygen atoms in total. The van der Waals surface area contributed by atoms with Gasteiger partial charge >= 0.3 is 6.09 Å². The van der Waals surface area contributed by atoms with Crippen molar-refractivity contribution < 1.29 is 9.53 Å². The third-order valence-corrected chi connectivity index (χ3v) is 3.85. The number of amides is 1. The van der Waals surface area contributed by atoms with Crippen molar-refractivity contribution in [3.63, 3.8) is 0 Å². The van der Waals surface area contributed by atoms with Gasteiger partial charge < -0.3 is 4.74 Å². The topological polar surface area (TPSA) is 38.3 Å². The Labute approximate surface area is 145 Å². The van der Waals surface area contributed by atoms with Crippen molar-refractivity contribution in [3.05, 3.63) is 65.7 Å². The molecule has 2 rings (SSSR count). The molecule has 2 aromatic rings. The first-order chi connectivity index (χ1) is 11.4. The van der Waals surface area contributed by atoms with Crippen LogP contribution in [0.25, 0.3) is 0 Å². The van der Waals surface area contributed by atoms with Gasteiger partial charge in [0.2, 0.25) is 0 Å². The largest absolute Gasteiger partial charge is 0.444 e. The molecule has 0 fully saturated rings. The summed E-state index contributed by atoms with van der Waals surface area (Å²) in [4.78, 5) is 12.1. The molecule has 0 bridgehead atoms. The zero-order valence-corrected chi connectivity index (χ0v) is 15.0. The fourth-order valence-electron chi connectivity index (χ4n) is 2.75. The van der Waals surface area contributed by atoms with E-state index in [9.17, 15) is 4.79 Å². The van der Waals surface area contributed by atoms with E-state index in [2.05, 4.69) is 42.6 Å². The van der Waals surface area contributed by atoms with E-state index in [0.29, 0.717) is 5.92 Å². The van der Waals surface area contributed by atoms with Crippen molar-refractivity contribution in [3.8, 4) is 0 Å². The van der Waals surface area contributed by atoms with Crippen molar-refractivity contribution in [2.45, 2.75) is 52.1 Å². The predicted molar refractivity (Wildman–Crippen MR) is 99.5 cm³/mol. The molecule has 0 heterocycles. The number of carbonyl (C=O) groups is 1. The molecule has 0 aliphatic rings. The van der Waals surface area contributed by atoms with Crippen LogP contribution in [0.15, 0.2) is 54.6 Å². The van der Waals surface area contributed by atoms with Crippen molar-refractivity contribution in [1.82, 2.24) is 0 Å². The maximum atomic E-state index is 12.1. The summed E-state index contributed by atoms with van der Waals surface area (Å²) in [5.74, 6) is 0.346. The Hall–Kier alpha value is -2.29. The van der Waals surface area contributed by atoms with Gasteiger partial charge in [-0.3, -0.25) is 5.32 Å². The Bertz CT molecular complexity index is 659. The van der Waals surface area contributed by atoms with E-state index in [1.807, 2.05) is 45.0 Å². The molecule has 24 heavy (non-hydrogen) atoms. The monoisotopic (exact) mass is 325 g/mol. The fraction of sp³-hybridized carbons (Fsp3) is 0.381. The van der Waals surface area contributed by atoms with E-state index in [0.717, 1.165) is 24.1 Å². The number of carbonyl (C=O) groups excluding carboxylic acids is 1. The molecule has 0 aromatic heterocycles. The smallest absolute Gasteiger partial charge is 0.412 e. The molecule has 0 aliphatic carbocycles. The molecule has 0 unspecified atom stereocenters. The van der Waals surface area contributed by atoms with Crippen molar-refractivity contribution >= 4 is 11.8 Å². The number of hydrogen-bond acceptors (Lipinski definition) is 2. The summed E-state index contributed by atoms with van der Waals surface area (Å²) in [5, 5.41) is 2.91. The summed E-state index contributed by atoms with van der Waals surface area (Å²) in [5.41, 5.74) is 2.77. The molecule has 2 aromatic carbocycles. The first-order valence-corrected chi connectivity index (χ1v) is 8.52. The van der Waals surface area contributed by atoms with Gasteiger partial charge in [-0.15, -0.1) is 0 Å². The quantitative estimate of drug-likeness (QED) is 0.758. The van der Waals surface area contributed by atoms with Crippen LogP contribution < -0.4 is 5.32 Å². The second-order valence-corrected chi connectivity index (χ2v) is 7.01. The van der Waals surface area contributed by atoms with Crippen LogP contribution in [-0.4, -0.2) is 11.7 Å². The van der Waals surface area contributed by atoms with Crippen LogP contribution in [0.5, 0.6) is 0 Å². The summed E-state index contributed by atoms with van der Waals surface area (Å²) >= 11 is 0. The Morgan fingerprint density at radius 1 is 1.04 bits per heavy atom. The third kappa shape index (κ3) is 5.41. The van der Waals surface area contributed by atoms with Gasteiger partial charge in [-0.25, -0.2) is 4.79 Å². The second kappa shape index (κ2) is 8.00. The molecule has 3 heteroatoms. The zero-order chi connectivity index (χ0) is 17.6. The number of nitrogens with one attached hydrogen (secondary N) is 1. The Kier molecular flexibility index (Phi) is 6.02. The van der Waals surface area contributed by atoms with Gasteiger partial charge in [0.1, 0.15) is 5.60 Å². The number of benzene rings is 2. The fourth-order valence-corrected chi connectivity index (χ4v) is 2.75. The lowest BCUT2D eigenvalue weighted by molar-refractivity contribution is 0.0635. The second-order valence-electron chi connectivity index (χ2n) is 7.01. The lowest BCUT2D eigenvalue weighted by Gasteiger charge is -2.22. The van der Waals surface area contributed by atoms with Crippen LogP contribution in [0.3, 0.4) is 0 Å². The van der Waals surface area contributed by atoms with Gasteiger partial charge in [-0.2, -0.15) is 0 Å². The summed E-state index contributed by atoms with van der Waals surface area (Å²) in [7, 11) is 0. The molecule has 0 aliphatic heterocycles. The summed E-state index contributed by atoms with van der Waals surface area (Å²) < 4.78 is 5.38. The van der Waals surface area contributed by atoms with E-state index in [1.165, 1.54) is 5.56 Å². The van der Waals surface area contributed by atoms with Crippen LogP contribution >= 0.6 is 0 Å².